The predicted octanol–water partition coefficient (Wildman–Crippen LogP) is 1.41. The number of hydrogen-bond acceptors (Lipinski definition) is 3. The first kappa shape index (κ1) is 12.2. The molecular weight excluding hydrogens is 256 g/mol. The number of amides is 1. The molecule has 1 heterocycles. The Balaban J connectivity index is 2.17. The van der Waals surface area contributed by atoms with Gasteiger partial charge in [0.25, 0.3) is 11.7 Å². The molecule has 1 amide bonds. The summed E-state index contributed by atoms with van der Waals surface area (Å²) in [5.74, 6) is -3.75. The quantitative estimate of drug-likeness (QED) is 0.783. The lowest BCUT2D eigenvalue weighted by molar-refractivity contribution is -0.115. The third-order valence-electron chi connectivity index (χ3n) is 3.73. The van der Waals surface area contributed by atoms with E-state index < -0.39 is 41.0 Å². The maximum absolute atomic E-state index is 13.9. The van der Waals surface area contributed by atoms with Gasteiger partial charge < -0.3 is 5.11 Å². The Morgan fingerprint density at radius 2 is 1.84 bits per heavy atom. The highest BCUT2D eigenvalue weighted by atomic mass is 19.1. The summed E-state index contributed by atoms with van der Waals surface area (Å²) < 4.78 is 27.5. The Labute approximate surface area is 107 Å². The molecule has 100 valence electrons. The van der Waals surface area contributed by atoms with Crippen LogP contribution in [0.2, 0.25) is 0 Å². The molecule has 0 unspecified atom stereocenters. The summed E-state index contributed by atoms with van der Waals surface area (Å²) in [5.41, 5.74) is -0.856. The van der Waals surface area contributed by atoms with Crippen molar-refractivity contribution in [1.29, 1.82) is 0 Å². The van der Waals surface area contributed by atoms with Gasteiger partial charge in [0.05, 0.1) is 23.4 Å². The minimum atomic E-state index is -1.05. The molecule has 0 bridgehead atoms. The van der Waals surface area contributed by atoms with Crippen molar-refractivity contribution in [2.24, 2.45) is 0 Å². The van der Waals surface area contributed by atoms with E-state index in [1.165, 1.54) is 0 Å². The number of aliphatic hydroxyl groups is 1. The molecule has 1 N–H and O–H groups in total. The Kier molecular flexibility index (Phi) is 2.63. The van der Waals surface area contributed by atoms with E-state index in [1.54, 1.807) is 0 Å². The van der Waals surface area contributed by atoms with E-state index in [1.807, 2.05) is 0 Å². The number of hydrogen-bond donors (Lipinski definition) is 1. The normalized spacial score (nSPS) is 26.2. The van der Waals surface area contributed by atoms with Gasteiger partial charge in [-0.25, -0.2) is 8.78 Å². The van der Waals surface area contributed by atoms with E-state index in [2.05, 4.69) is 0 Å². The fraction of sp³-hybridized carbons (Fsp3) is 0.385. The molecule has 1 aromatic rings. The number of aliphatic hydroxyl groups excluding tert-OH is 1. The monoisotopic (exact) mass is 267 g/mol. The predicted molar refractivity (Wildman–Crippen MR) is 61.8 cm³/mol. The van der Waals surface area contributed by atoms with Gasteiger partial charge in [-0.05, 0) is 31.4 Å². The zero-order valence-electron chi connectivity index (χ0n) is 9.90. The second kappa shape index (κ2) is 4.09. The van der Waals surface area contributed by atoms with Crippen LogP contribution < -0.4 is 4.90 Å². The summed E-state index contributed by atoms with van der Waals surface area (Å²) in [5, 5.41) is 9.82. The number of carbonyl (C=O) groups excluding carboxylic acids is 2. The lowest BCUT2D eigenvalue weighted by Crippen LogP contribution is -2.44. The first-order valence-electron chi connectivity index (χ1n) is 6.06. The van der Waals surface area contributed by atoms with Crippen molar-refractivity contribution in [1.82, 2.24) is 0 Å². The third-order valence-corrected chi connectivity index (χ3v) is 3.73. The Morgan fingerprint density at radius 1 is 1.16 bits per heavy atom. The van der Waals surface area contributed by atoms with E-state index in [4.69, 9.17) is 0 Å². The van der Waals surface area contributed by atoms with Gasteiger partial charge in [-0.1, -0.05) is 0 Å². The second-order valence-electron chi connectivity index (χ2n) is 4.82. The molecule has 1 aromatic carbocycles. The molecule has 1 fully saturated rings. The molecule has 1 aliphatic carbocycles. The van der Waals surface area contributed by atoms with Crippen molar-refractivity contribution in [3.8, 4) is 0 Å². The summed E-state index contributed by atoms with van der Waals surface area (Å²) in [6, 6.07) is 1.05. The van der Waals surface area contributed by atoms with E-state index in [0.29, 0.717) is 19.3 Å². The number of carbonyl (C=O) groups is 2. The van der Waals surface area contributed by atoms with Crippen LogP contribution in [0.4, 0.5) is 14.5 Å². The van der Waals surface area contributed by atoms with Crippen LogP contribution in [0.5, 0.6) is 0 Å². The van der Waals surface area contributed by atoms with Crippen LogP contribution in [0, 0.1) is 11.6 Å². The van der Waals surface area contributed by atoms with Gasteiger partial charge in [0.2, 0.25) is 0 Å². The van der Waals surface area contributed by atoms with E-state index in [9.17, 15) is 23.5 Å². The zero-order valence-corrected chi connectivity index (χ0v) is 9.90. The van der Waals surface area contributed by atoms with Crippen molar-refractivity contribution in [2.45, 2.75) is 31.4 Å². The molecule has 0 spiro atoms. The van der Waals surface area contributed by atoms with Crippen LogP contribution in [0.25, 0.3) is 0 Å². The van der Waals surface area contributed by atoms with Crippen molar-refractivity contribution in [2.75, 3.05) is 4.90 Å². The molecule has 2 aliphatic rings. The van der Waals surface area contributed by atoms with Gasteiger partial charge in [-0.2, -0.15) is 0 Å². The number of fused-ring (bicyclic) bond motifs is 1. The average Bonchev–Trinajstić information content (AvgIpc) is 2.89. The van der Waals surface area contributed by atoms with Crippen LogP contribution in [0.3, 0.4) is 0 Å². The number of rotatable bonds is 1. The van der Waals surface area contributed by atoms with E-state index in [0.717, 1.165) is 17.0 Å². The number of benzene rings is 1. The molecule has 1 aliphatic heterocycles. The van der Waals surface area contributed by atoms with Crippen molar-refractivity contribution in [3.63, 3.8) is 0 Å². The number of halogens is 2. The Hall–Kier alpha value is -1.82. The highest BCUT2D eigenvalue weighted by Crippen LogP contribution is 2.38. The number of anilines is 1. The summed E-state index contributed by atoms with van der Waals surface area (Å²) >= 11 is 0. The highest BCUT2D eigenvalue weighted by Gasteiger charge is 2.46. The molecule has 0 radical (unpaired) electrons. The number of Topliss-reactive ketones (excluding diaryl/α,β-unsaturated/α-hetero) is 1. The van der Waals surface area contributed by atoms with Gasteiger partial charge >= 0.3 is 0 Å². The Morgan fingerprint density at radius 3 is 2.47 bits per heavy atom. The average molecular weight is 267 g/mol. The number of ketones is 1. The first-order valence-corrected chi connectivity index (χ1v) is 6.06. The van der Waals surface area contributed by atoms with Crippen molar-refractivity contribution < 1.29 is 23.5 Å². The SMILES string of the molecule is O=C1C(=O)N([C@H]2CCC[C@@H]2O)c2c(F)ccc(F)c21. The maximum atomic E-state index is 13.9. The standard InChI is InChI=1S/C13H11F2NO3/c14-6-4-5-7(15)11-10(6)12(18)13(19)16(11)8-2-1-3-9(8)17/h4-5,8-9,17H,1-3H2/t8-,9-/m0/s1. The molecule has 1 saturated carbocycles. The van der Waals surface area contributed by atoms with Gasteiger partial charge in [-0.3, -0.25) is 14.5 Å². The van der Waals surface area contributed by atoms with E-state index in [-0.39, 0.29) is 5.69 Å². The molecular formula is C13H11F2NO3. The van der Waals surface area contributed by atoms with Crippen molar-refractivity contribution >= 4 is 17.4 Å². The molecule has 2 atom stereocenters. The highest BCUT2D eigenvalue weighted by molar-refractivity contribution is 6.52. The largest absolute Gasteiger partial charge is 0.391 e. The molecule has 6 heteroatoms. The summed E-state index contributed by atoms with van der Waals surface area (Å²) in [4.78, 5) is 24.6. The van der Waals surface area contributed by atoms with Gasteiger partial charge in [-0.15, -0.1) is 0 Å². The topological polar surface area (TPSA) is 57.6 Å². The molecule has 19 heavy (non-hydrogen) atoms. The van der Waals surface area contributed by atoms with Gasteiger partial charge in [0.1, 0.15) is 11.6 Å². The van der Waals surface area contributed by atoms with Crippen LogP contribution in [0.1, 0.15) is 29.6 Å². The molecule has 0 saturated heterocycles. The lowest BCUT2D eigenvalue weighted by Gasteiger charge is -2.27. The lowest BCUT2D eigenvalue weighted by atomic mass is 10.1. The minimum absolute atomic E-state index is 0.332. The van der Waals surface area contributed by atoms with Crippen LogP contribution >= 0.6 is 0 Å². The van der Waals surface area contributed by atoms with Crippen LogP contribution in [-0.4, -0.2) is 28.9 Å². The first-order chi connectivity index (χ1) is 9.02. The van der Waals surface area contributed by atoms with Crippen molar-refractivity contribution in [3.05, 3.63) is 29.3 Å². The van der Waals surface area contributed by atoms with E-state index >= 15 is 0 Å². The van der Waals surface area contributed by atoms with Crippen LogP contribution in [0.15, 0.2) is 12.1 Å². The smallest absolute Gasteiger partial charge is 0.300 e. The molecule has 4 nitrogen and oxygen atoms in total. The zero-order chi connectivity index (χ0) is 13.7. The molecule has 0 aromatic heterocycles. The minimum Gasteiger partial charge on any atom is -0.391 e. The van der Waals surface area contributed by atoms with Gasteiger partial charge in [0.15, 0.2) is 0 Å². The fourth-order valence-electron chi connectivity index (χ4n) is 2.85. The second-order valence-corrected chi connectivity index (χ2v) is 4.82. The summed E-state index contributed by atoms with van der Waals surface area (Å²) in [6.07, 6.45) is 0.811. The third kappa shape index (κ3) is 1.59. The van der Waals surface area contributed by atoms with Gasteiger partial charge in [0, 0.05) is 0 Å². The molecule has 3 rings (SSSR count). The summed E-state index contributed by atoms with van der Waals surface area (Å²) in [7, 11) is 0. The van der Waals surface area contributed by atoms with Crippen LogP contribution in [-0.2, 0) is 4.79 Å². The fourth-order valence-corrected chi connectivity index (χ4v) is 2.85. The maximum Gasteiger partial charge on any atom is 0.300 e. The number of nitrogens with zero attached hydrogens (tertiary/aromatic N) is 1. The summed E-state index contributed by atoms with van der Waals surface area (Å²) in [6.45, 7) is 0. The Bertz CT molecular complexity index is 587.